The van der Waals surface area contributed by atoms with E-state index < -0.39 is 0 Å². The van der Waals surface area contributed by atoms with E-state index in [4.69, 9.17) is 0 Å². The van der Waals surface area contributed by atoms with Gasteiger partial charge in [-0.3, -0.25) is 0 Å². The standard InChI is InChI=1S/C17H15P/c1-3-9-15(10-4-1)18(17-13-7-8-14-17)16-11-5-2-6-12-16/h1,3-14H,2H2. The SMILES string of the molecule is C1=CC(=[P+](c2ccccc2)[c-]2cccc2)C=CC1. The zero-order chi connectivity index (χ0) is 12.2. The first-order valence-electron chi connectivity index (χ1n) is 6.22. The van der Waals surface area contributed by atoms with E-state index in [1.54, 1.807) is 0 Å². The van der Waals surface area contributed by atoms with Crippen LogP contribution in [0.3, 0.4) is 0 Å². The Morgan fingerprint density at radius 3 is 2.17 bits per heavy atom. The van der Waals surface area contributed by atoms with Gasteiger partial charge in [-0.05, 0) is 30.7 Å². The molecule has 0 nitrogen and oxygen atoms in total. The molecule has 0 N–H and O–H groups in total. The molecule has 1 aliphatic carbocycles. The Balaban J connectivity index is 2.19. The summed E-state index contributed by atoms with van der Waals surface area (Å²) < 4.78 is 0. The molecule has 1 atom stereocenters. The summed E-state index contributed by atoms with van der Waals surface area (Å²) in [4.78, 5) is 0. The second-order valence-electron chi connectivity index (χ2n) is 4.28. The molecule has 0 aliphatic heterocycles. The van der Waals surface area contributed by atoms with Crippen molar-refractivity contribution in [2.75, 3.05) is 0 Å². The van der Waals surface area contributed by atoms with Crippen LogP contribution in [0.1, 0.15) is 6.42 Å². The highest BCUT2D eigenvalue weighted by molar-refractivity contribution is 7.74. The van der Waals surface area contributed by atoms with Crippen molar-refractivity contribution in [1.29, 1.82) is 0 Å². The molecule has 0 saturated carbocycles. The molecule has 1 heteroatoms. The van der Waals surface area contributed by atoms with Crippen molar-refractivity contribution < 1.29 is 0 Å². The average Bonchev–Trinajstić information content (AvgIpc) is 2.95. The molecule has 0 amide bonds. The Morgan fingerprint density at radius 2 is 1.50 bits per heavy atom. The molecule has 0 fully saturated rings. The maximum atomic E-state index is 2.28. The minimum absolute atomic E-state index is 0.389. The lowest BCUT2D eigenvalue weighted by Gasteiger charge is -2.03. The van der Waals surface area contributed by atoms with Crippen LogP contribution in [0.15, 0.2) is 78.9 Å². The smallest absolute Gasteiger partial charge is 0.142 e. The van der Waals surface area contributed by atoms with Gasteiger partial charge in [-0.2, -0.15) is 0 Å². The van der Waals surface area contributed by atoms with E-state index in [9.17, 15) is 0 Å². The Morgan fingerprint density at radius 1 is 0.833 bits per heavy atom. The van der Waals surface area contributed by atoms with Gasteiger partial charge in [-0.1, -0.05) is 30.4 Å². The predicted molar refractivity (Wildman–Crippen MR) is 82.6 cm³/mol. The topological polar surface area (TPSA) is 0 Å². The summed E-state index contributed by atoms with van der Waals surface area (Å²) in [6.07, 6.45) is 10.1. The fraction of sp³-hybridized carbons (Fsp3) is 0.0588. The van der Waals surface area contributed by atoms with Crippen molar-refractivity contribution >= 4 is 23.4 Å². The molecular weight excluding hydrogens is 235 g/mol. The molecule has 2 aromatic carbocycles. The van der Waals surface area contributed by atoms with Gasteiger partial charge in [0, 0.05) is 5.30 Å². The first kappa shape index (κ1) is 11.3. The third-order valence-corrected chi connectivity index (χ3v) is 5.47. The van der Waals surface area contributed by atoms with Gasteiger partial charge in [-0.15, -0.1) is 12.1 Å². The van der Waals surface area contributed by atoms with Crippen LogP contribution in [0.5, 0.6) is 0 Å². The van der Waals surface area contributed by atoms with Gasteiger partial charge in [0.2, 0.25) is 0 Å². The van der Waals surface area contributed by atoms with Gasteiger partial charge in [0.1, 0.15) is 18.1 Å². The van der Waals surface area contributed by atoms with E-state index in [0.29, 0.717) is 0 Å². The third kappa shape index (κ3) is 2.25. The minimum atomic E-state index is -0.389. The maximum Gasteiger partial charge on any atom is 0.142 e. The second kappa shape index (κ2) is 5.25. The van der Waals surface area contributed by atoms with Crippen molar-refractivity contribution in [3.63, 3.8) is 0 Å². The number of rotatable bonds is 2. The number of hydrogen-bond acceptors (Lipinski definition) is 0. The minimum Gasteiger partial charge on any atom is -0.209 e. The zero-order valence-electron chi connectivity index (χ0n) is 10.2. The summed E-state index contributed by atoms with van der Waals surface area (Å²) in [5.41, 5.74) is 0. The van der Waals surface area contributed by atoms with Gasteiger partial charge in [0.15, 0.2) is 0 Å². The summed E-state index contributed by atoms with van der Waals surface area (Å²) in [7, 11) is -0.389. The molecule has 18 heavy (non-hydrogen) atoms. The summed E-state index contributed by atoms with van der Waals surface area (Å²) in [5, 5.41) is 4.29. The van der Waals surface area contributed by atoms with Gasteiger partial charge in [0.25, 0.3) is 0 Å². The number of allylic oxidation sites excluding steroid dienone is 4. The van der Waals surface area contributed by atoms with E-state index in [1.165, 1.54) is 15.9 Å². The average molecular weight is 250 g/mol. The van der Waals surface area contributed by atoms with Gasteiger partial charge in [0.05, 0.1) is 0 Å². The van der Waals surface area contributed by atoms with Crippen LogP contribution in [-0.4, -0.2) is 5.29 Å². The van der Waals surface area contributed by atoms with E-state index in [1.807, 2.05) is 0 Å². The van der Waals surface area contributed by atoms with E-state index in [-0.39, 0.29) is 7.55 Å². The molecule has 2 aromatic rings. The Labute approximate surface area is 109 Å². The Bertz CT molecular complexity index is 584. The third-order valence-electron chi connectivity index (χ3n) is 3.03. The highest BCUT2D eigenvalue weighted by Crippen LogP contribution is 2.26. The van der Waals surface area contributed by atoms with Crippen LogP contribution in [0.25, 0.3) is 0 Å². The normalized spacial score (nSPS) is 14.9. The van der Waals surface area contributed by atoms with Crippen LogP contribution in [0.4, 0.5) is 0 Å². The molecule has 0 saturated heterocycles. The van der Waals surface area contributed by atoms with Crippen molar-refractivity contribution in [2.45, 2.75) is 6.42 Å². The van der Waals surface area contributed by atoms with Gasteiger partial charge < -0.3 is 0 Å². The molecular formula is C17H15P. The van der Waals surface area contributed by atoms with E-state index in [0.717, 1.165) is 6.42 Å². The predicted octanol–water partition coefficient (Wildman–Crippen LogP) is 3.53. The summed E-state index contributed by atoms with van der Waals surface area (Å²) in [6, 6.07) is 19.6. The van der Waals surface area contributed by atoms with Crippen molar-refractivity contribution in [1.82, 2.24) is 0 Å². The van der Waals surface area contributed by atoms with Gasteiger partial charge in [-0.25, -0.2) is 12.1 Å². The zero-order valence-corrected chi connectivity index (χ0v) is 11.1. The molecule has 0 radical (unpaired) electrons. The lowest BCUT2D eigenvalue weighted by molar-refractivity contribution is 1.39. The van der Waals surface area contributed by atoms with Crippen LogP contribution in [0.2, 0.25) is 0 Å². The fourth-order valence-electron chi connectivity index (χ4n) is 2.20. The highest BCUT2D eigenvalue weighted by Gasteiger charge is 2.17. The van der Waals surface area contributed by atoms with E-state index >= 15 is 0 Å². The summed E-state index contributed by atoms with van der Waals surface area (Å²) in [5.74, 6) is 0. The van der Waals surface area contributed by atoms with Crippen molar-refractivity contribution in [3.8, 4) is 0 Å². The molecule has 1 aliphatic rings. The molecule has 0 spiro atoms. The Kier molecular flexibility index (Phi) is 3.30. The largest absolute Gasteiger partial charge is 0.209 e. The lowest BCUT2D eigenvalue weighted by atomic mass is 10.2. The molecule has 1 unspecified atom stereocenters. The molecule has 0 heterocycles. The fourth-order valence-corrected chi connectivity index (χ4v) is 4.54. The second-order valence-corrected chi connectivity index (χ2v) is 6.50. The van der Waals surface area contributed by atoms with Crippen LogP contribution < -0.4 is 10.6 Å². The molecule has 3 rings (SSSR count). The quantitative estimate of drug-likeness (QED) is 0.565. The first-order chi connectivity index (χ1) is 8.95. The first-order valence-corrected chi connectivity index (χ1v) is 7.56. The molecule has 88 valence electrons. The van der Waals surface area contributed by atoms with Gasteiger partial charge >= 0.3 is 0 Å². The highest BCUT2D eigenvalue weighted by atomic mass is 31.1. The monoisotopic (exact) mass is 250 g/mol. The summed E-state index contributed by atoms with van der Waals surface area (Å²) in [6.45, 7) is 0. The number of hydrogen-bond donors (Lipinski definition) is 0. The van der Waals surface area contributed by atoms with Crippen LogP contribution in [0, 0.1) is 0 Å². The number of benzene rings is 1. The van der Waals surface area contributed by atoms with Crippen molar-refractivity contribution in [3.05, 3.63) is 78.9 Å². The lowest BCUT2D eigenvalue weighted by Crippen LogP contribution is -2.10. The molecule has 0 bridgehead atoms. The molecule has 0 aromatic heterocycles. The van der Waals surface area contributed by atoms with Crippen molar-refractivity contribution in [2.24, 2.45) is 0 Å². The Hall–Kier alpha value is -1.78. The van der Waals surface area contributed by atoms with Crippen LogP contribution >= 0.6 is 7.55 Å². The summed E-state index contributed by atoms with van der Waals surface area (Å²) >= 11 is 0. The maximum absolute atomic E-state index is 2.28. The van der Waals surface area contributed by atoms with E-state index in [2.05, 4.69) is 78.9 Å². The van der Waals surface area contributed by atoms with Crippen LogP contribution in [-0.2, 0) is 0 Å².